The number of hydrogen-bond acceptors (Lipinski definition) is 3. The molecule has 2 N–H and O–H groups in total. The molecule has 0 aliphatic carbocycles. The summed E-state index contributed by atoms with van der Waals surface area (Å²) in [6.45, 7) is 6.04. The van der Waals surface area contributed by atoms with E-state index in [0.717, 1.165) is 16.8 Å². The van der Waals surface area contributed by atoms with E-state index in [-0.39, 0.29) is 17.1 Å². The molecule has 0 heterocycles. The zero-order chi connectivity index (χ0) is 17.5. The van der Waals surface area contributed by atoms with Gasteiger partial charge in [0.25, 0.3) is 0 Å². The molecule has 128 valence electrons. The van der Waals surface area contributed by atoms with Crippen molar-refractivity contribution >= 4 is 23.4 Å². The summed E-state index contributed by atoms with van der Waals surface area (Å²) in [4.78, 5) is 12.6. The van der Waals surface area contributed by atoms with Crippen LogP contribution in [0.15, 0.2) is 54.6 Å². The maximum atomic E-state index is 12.6. The van der Waals surface area contributed by atoms with E-state index < -0.39 is 6.10 Å². The van der Waals surface area contributed by atoms with Gasteiger partial charge in [-0.3, -0.25) is 4.79 Å². The number of anilines is 1. The van der Waals surface area contributed by atoms with E-state index in [1.165, 1.54) is 11.8 Å². The van der Waals surface area contributed by atoms with E-state index in [4.69, 9.17) is 0 Å². The van der Waals surface area contributed by atoms with Crippen molar-refractivity contribution in [2.24, 2.45) is 5.92 Å². The molecule has 0 bridgehead atoms. The van der Waals surface area contributed by atoms with Crippen molar-refractivity contribution in [1.82, 2.24) is 0 Å². The highest BCUT2D eigenvalue weighted by Gasteiger charge is 2.24. The summed E-state index contributed by atoms with van der Waals surface area (Å²) in [6, 6.07) is 17.3. The molecule has 2 aromatic rings. The first-order chi connectivity index (χ1) is 11.5. The van der Waals surface area contributed by atoms with E-state index in [2.05, 4.69) is 5.32 Å². The highest BCUT2D eigenvalue weighted by molar-refractivity contribution is 8.00. The maximum Gasteiger partial charge on any atom is 0.237 e. The number of aryl methyl sites for hydroxylation is 1. The number of amides is 1. The lowest BCUT2D eigenvalue weighted by Gasteiger charge is -2.22. The van der Waals surface area contributed by atoms with E-state index in [9.17, 15) is 9.90 Å². The van der Waals surface area contributed by atoms with Gasteiger partial charge in [0.2, 0.25) is 5.91 Å². The van der Waals surface area contributed by atoms with Crippen molar-refractivity contribution in [2.75, 3.05) is 11.1 Å². The molecule has 4 heteroatoms. The maximum absolute atomic E-state index is 12.6. The molecule has 0 fully saturated rings. The highest BCUT2D eigenvalue weighted by atomic mass is 32.2. The van der Waals surface area contributed by atoms with Crippen molar-refractivity contribution in [3.8, 4) is 0 Å². The van der Waals surface area contributed by atoms with Gasteiger partial charge in [-0.1, -0.05) is 62.4 Å². The van der Waals surface area contributed by atoms with Crippen LogP contribution in [0.3, 0.4) is 0 Å². The number of para-hydroxylation sites is 1. The normalized spacial score (nSPS) is 13.5. The van der Waals surface area contributed by atoms with Crippen LogP contribution >= 0.6 is 11.8 Å². The van der Waals surface area contributed by atoms with Crippen LogP contribution in [0.2, 0.25) is 0 Å². The second-order valence-electron chi connectivity index (χ2n) is 6.23. The van der Waals surface area contributed by atoms with Crippen LogP contribution in [0.25, 0.3) is 0 Å². The standard InChI is InChI=1S/C20H25NO2S/c1-14(2)19(20(23)21-17-12-8-7-9-15(17)3)24-13-18(22)16-10-5-4-6-11-16/h4-12,14,18-19,22H,13H2,1-3H3,(H,21,23). The summed E-state index contributed by atoms with van der Waals surface area (Å²) >= 11 is 1.50. The lowest BCUT2D eigenvalue weighted by atomic mass is 10.1. The molecule has 0 spiro atoms. The Kier molecular flexibility index (Phi) is 6.88. The predicted molar refractivity (Wildman–Crippen MR) is 102 cm³/mol. The Morgan fingerprint density at radius 2 is 1.71 bits per heavy atom. The van der Waals surface area contributed by atoms with Gasteiger partial charge < -0.3 is 10.4 Å². The molecule has 0 aliphatic rings. The van der Waals surface area contributed by atoms with E-state index in [1.807, 2.05) is 75.4 Å². The summed E-state index contributed by atoms with van der Waals surface area (Å²) in [7, 11) is 0. The second-order valence-corrected chi connectivity index (χ2v) is 7.40. The van der Waals surface area contributed by atoms with E-state index in [0.29, 0.717) is 5.75 Å². The van der Waals surface area contributed by atoms with Gasteiger partial charge in [0.1, 0.15) is 0 Å². The summed E-state index contributed by atoms with van der Waals surface area (Å²) in [5.41, 5.74) is 2.77. The number of benzene rings is 2. The SMILES string of the molecule is Cc1ccccc1NC(=O)C(SCC(O)c1ccccc1)C(C)C. The van der Waals surface area contributed by atoms with Crippen LogP contribution in [0.5, 0.6) is 0 Å². The second kappa shape index (κ2) is 8.90. The number of hydrogen-bond donors (Lipinski definition) is 2. The van der Waals surface area contributed by atoms with Gasteiger partial charge >= 0.3 is 0 Å². The van der Waals surface area contributed by atoms with Gasteiger partial charge in [0.05, 0.1) is 11.4 Å². The summed E-state index contributed by atoms with van der Waals surface area (Å²) in [5.74, 6) is 0.667. The molecule has 2 atom stereocenters. The van der Waals surface area contributed by atoms with Crippen LogP contribution in [-0.4, -0.2) is 22.0 Å². The first kappa shape index (κ1) is 18.6. The Hall–Kier alpha value is -1.78. The molecule has 24 heavy (non-hydrogen) atoms. The number of aliphatic hydroxyl groups excluding tert-OH is 1. The fourth-order valence-electron chi connectivity index (χ4n) is 2.45. The predicted octanol–water partition coefficient (Wildman–Crippen LogP) is 4.42. The number of carbonyl (C=O) groups is 1. The molecule has 3 nitrogen and oxygen atoms in total. The fraction of sp³-hybridized carbons (Fsp3) is 0.350. The monoisotopic (exact) mass is 343 g/mol. The zero-order valence-corrected chi connectivity index (χ0v) is 15.2. The molecule has 0 aromatic heterocycles. The van der Waals surface area contributed by atoms with Gasteiger partial charge in [-0.25, -0.2) is 0 Å². The summed E-state index contributed by atoms with van der Waals surface area (Å²) in [5, 5.41) is 13.1. The number of rotatable bonds is 7. The van der Waals surface area contributed by atoms with E-state index >= 15 is 0 Å². The molecule has 2 rings (SSSR count). The average molecular weight is 343 g/mol. The van der Waals surface area contributed by atoms with Gasteiger partial charge in [-0.2, -0.15) is 0 Å². The Balaban J connectivity index is 1.99. The molecule has 0 saturated heterocycles. The number of thioether (sulfide) groups is 1. The molecule has 2 unspecified atom stereocenters. The Bertz CT molecular complexity index is 658. The van der Waals surface area contributed by atoms with Crippen molar-refractivity contribution in [2.45, 2.75) is 32.1 Å². The van der Waals surface area contributed by atoms with Crippen LogP contribution < -0.4 is 5.32 Å². The first-order valence-corrected chi connectivity index (χ1v) is 9.25. The average Bonchev–Trinajstić information content (AvgIpc) is 2.57. The summed E-state index contributed by atoms with van der Waals surface area (Å²) in [6.07, 6.45) is -0.566. The van der Waals surface area contributed by atoms with Gasteiger partial charge in [0, 0.05) is 11.4 Å². The third kappa shape index (κ3) is 5.11. The van der Waals surface area contributed by atoms with Crippen LogP contribution in [0.1, 0.15) is 31.1 Å². The number of nitrogens with one attached hydrogen (secondary N) is 1. The lowest BCUT2D eigenvalue weighted by molar-refractivity contribution is -0.116. The third-order valence-electron chi connectivity index (χ3n) is 3.88. The minimum atomic E-state index is -0.566. The van der Waals surface area contributed by atoms with Crippen molar-refractivity contribution in [1.29, 1.82) is 0 Å². The molecule has 0 radical (unpaired) electrons. The minimum absolute atomic E-state index is 0.00967. The van der Waals surface area contributed by atoms with Gasteiger partial charge in [-0.15, -0.1) is 11.8 Å². The molecule has 0 aliphatic heterocycles. The minimum Gasteiger partial charge on any atom is -0.388 e. The van der Waals surface area contributed by atoms with Gasteiger partial charge in [-0.05, 0) is 30.0 Å². The molecule has 1 amide bonds. The fourth-order valence-corrected chi connectivity index (χ4v) is 3.63. The molecular formula is C20H25NO2S. The van der Waals surface area contributed by atoms with Crippen molar-refractivity contribution < 1.29 is 9.90 Å². The smallest absolute Gasteiger partial charge is 0.237 e. The van der Waals surface area contributed by atoms with Crippen LogP contribution in [0, 0.1) is 12.8 Å². The number of aliphatic hydroxyl groups is 1. The van der Waals surface area contributed by atoms with Gasteiger partial charge in [0.15, 0.2) is 0 Å². The molecular weight excluding hydrogens is 318 g/mol. The van der Waals surface area contributed by atoms with E-state index in [1.54, 1.807) is 0 Å². The third-order valence-corrected chi connectivity index (χ3v) is 5.51. The molecule has 0 saturated carbocycles. The quantitative estimate of drug-likeness (QED) is 0.782. The first-order valence-electron chi connectivity index (χ1n) is 8.20. The number of carbonyl (C=O) groups excluding carboxylic acids is 1. The topological polar surface area (TPSA) is 49.3 Å². The van der Waals surface area contributed by atoms with Crippen molar-refractivity contribution in [3.63, 3.8) is 0 Å². The zero-order valence-electron chi connectivity index (χ0n) is 14.4. The highest BCUT2D eigenvalue weighted by Crippen LogP contribution is 2.27. The largest absolute Gasteiger partial charge is 0.388 e. The Labute approximate surface area is 148 Å². The van der Waals surface area contributed by atoms with Crippen molar-refractivity contribution in [3.05, 3.63) is 65.7 Å². The Morgan fingerprint density at radius 3 is 2.33 bits per heavy atom. The summed E-state index contributed by atoms with van der Waals surface area (Å²) < 4.78 is 0. The van der Waals surface area contributed by atoms with Crippen LogP contribution in [0.4, 0.5) is 5.69 Å². The van der Waals surface area contributed by atoms with Crippen LogP contribution in [-0.2, 0) is 4.79 Å². The Morgan fingerprint density at radius 1 is 1.08 bits per heavy atom. The molecule has 2 aromatic carbocycles. The lowest BCUT2D eigenvalue weighted by Crippen LogP contribution is -2.30.